The molecule has 1 saturated heterocycles. The summed E-state index contributed by atoms with van der Waals surface area (Å²) < 4.78 is 5.21. The number of ether oxygens (including phenoxy) is 1. The molecule has 1 aromatic heterocycles. The van der Waals surface area contributed by atoms with E-state index in [-0.39, 0.29) is 11.9 Å². The standard InChI is InChI=1S/C13H20N2O2S/c1-3-9-8-15(6-4-10(9)14)13(16)12-11(17-2)5-7-18-12/h5,7,9-10H,3-4,6,8,14H2,1-2H3. The summed E-state index contributed by atoms with van der Waals surface area (Å²) in [5, 5.41) is 1.89. The summed E-state index contributed by atoms with van der Waals surface area (Å²) in [6, 6.07) is 2.06. The van der Waals surface area contributed by atoms with Crippen LogP contribution in [0.4, 0.5) is 0 Å². The molecule has 0 aliphatic carbocycles. The largest absolute Gasteiger partial charge is 0.495 e. The number of methoxy groups -OCH3 is 1. The van der Waals surface area contributed by atoms with Crippen molar-refractivity contribution >= 4 is 17.2 Å². The average molecular weight is 268 g/mol. The first-order chi connectivity index (χ1) is 8.67. The molecular weight excluding hydrogens is 248 g/mol. The predicted octanol–water partition coefficient (Wildman–Crippen LogP) is 1.96. The highest BCUT2D eigenvalue weighted by atomic mass is 32.1. The van der Waals surface area contributed by atoms with Crippen LogP contribution in [0.2, 0.25) is 0 Å². The molecule has 0 saturated carbocycles. The van der Waals surface area contributed by atoms with Crippen molar-refractivity contribution in [1.82, 2.24) is 4.90 Å². The lowest BCUT2D eigenvalue weighted by Gasteiger charge is -2.36. The van der Waals surface area contributed by atoms with Crippen LogP contribution in [0, 0.1) is 5.92 Å². The molecule has 0 radical (unpaired) electrons. The highest BCUT2D eigenvalue weighted by Crippen LogP contribution is 2.28. The number of carbonyl (C=O) groups is 1. The van der Waals surface area contributed by atoms with Crippen molar-refractivity contribution in [3.63, 3.8) is 0 Å². The molecule has 1 aliphatic heterocycles. The minimum absolute atomic E-state index is 0.0761. The van der Waals surface area contributed by atoms with E-state index in [1.165, 1.54) is 11.3 Å². The van der Waals surface area contributed by atoms with Crippen LogP contribution in [-0.4, -0.2) is 37.0 Å². The Morgan fingerprint density at radius 1 is 1.67 bits per heavy atom. The number of rotatable bonds is 3. The topological polar surface area (TPSA) is 55.6 Å². The van der Waals surface area contributed by atoms with Gasteiger partial charge in [-0.05, 0) is 23.8 Å². The Morgan fingerprint density at radius 2 is 2.44 bits per heavy atom. The minimum atomic E-state index is 0.0761. The SMILES string of the molecule is CCC1CN(C(=O)c2sccc2OC)CCC1N. The monoisotopic (exact) mass is 268 g/mol. The minimum Gasteiger partial charge on any atom is -0.495 e. The maximum absolute atomic E-state index is 12.4. The highest BCUT2D eigenvalue weighted by molar-refractivity contribution is 7.12. The fourth-order valence-electron chi connectivity index (χ4n) is 2.42. The molecule has 5 heteroatoms. The number of thiophene rings is 1. The van der Waals surface area contributed by atoms with E-state index in [1.807, 2.05) is 16.3 Å². The molecule has 1 aromatic rings. The van der Waals surface area contributed by atoms with E-state index in [0.29, 0.717) is 16.5 Å². The van der Waals surface area contributed by atoms with Gasteiger partial charge >= 0.3 is 0 Å². The van der Waals surface area contributed by atoms with Crippen LogP contribution in [0.1, 0.15) is 29.4 Å². The second-order valence-corrected chi connectivity index (χ2v) is 5.61. The van der Waals surface area contributed by atoms with Crippen LogP contribution in [-0.2, 0) is 0 Å². The van der Waals surface area contributed by atoms with E-state index in [2.05, 4.69) is 6.92 Å². The highest BCUT2D eigenvalue weighted by Gasteiger charge is 2.30. The molecule has 1 amide bonds. The molecule has 2 unspecified atom stereocenters. The van der Waals surface area contributed by atoms with Crippen LogP contribution in [0.5, 0.6) is 5.75 Å². The number of hydrogen-bond acceptors (Lipinski definition) is 4. The van der Waals surface area contributed by atoms with Crippen molar-refractivity contribution in [3.05, 3.63) is 16.3 Å². The molecule has 1 fully saturated rings. The van der Waals surface area contributed by atoms with E-state index in [0.717, 1.165) is 25.9 Å². The quantitative estimate of drug-likeness (QED) is 0.911. The number of nitrogens with zero attached hydrogens (tertiary/aromatic N) is 1. The maximum atomic E-state index is 12.4. The zero-order chi connectivity index (χ0) is 13.1. The smallest absolute Gasteiger partial charge is 0.267 e. The van der Waals surface area contributed by atoms with Crippen molar-refractivity contribution < 1.29 is 9.53 Å². The second-order valence-electron chi connectivity index (χ2n) is 4.69. The third-order valence-corrected chi connectivity index (χ3v) is 4.53. The lowest BCUT2D eigenvalue weighted by atomic mass is 9.90. The number of amides is 1. The molecule has 2 rings (SSSR count). The van der Waals surface area contributed by atoms with Crippen molar-refractivity contribution in [3.8, 4) is 5.75 Å². The van der Waals surface area contributed by atoms with Gasteiger partial charge in [0.1, 0.15) is 10.6 Å². The fourth-order valence-corrected chi connectivity index (χ4v) is 3.25. The van der Waals surface area contributed by atoms with Crippen LogP contribution in [0.3, 0.4) is 0 Å². The van der Waals surface area contributed by atoms with Crippen LogP contribution in [0.15, 0.2) is 11.4 Å². The molecule has 0 aromatic carbocycles. The van der Waals surface area contributed by atoms with E-state index >= 15 is 0 Å². The first kappa shape index (κ1) is 13.4. The summed E-state index contributed by atoms with van der Waals surface area (Å²) >= 11 is 1.44. The summed E-state index contributed by atoms with van der Waals surface area (Å²) in [4.78, 5) is 15.0. The normalized spacial score (nSPS) is 24.1. The van der Waals surface area contributed by atoms with E-state index in [4.69, 9.17) is 10.5 Å². The lowest BCUT2D eigenvalue weighted by molar-refractivity contribution is 0.0651. The Balaban J connectivity index is 2.10. The van der Waals surface area contributed by atoms with Gasteiger partial charge in [-0.25, -0.2) is 0 Å². The first-order valence-electron chi connectivity index (χ1n) is 6.33. The summed E-state index contributed by atoms with van der Waals surface area (Å²) in [5.74, 6) is 1.16. The summed E-state index contributed by atoms with van der Waals surface area (Å²) in [7, 11) is 1.60. The lowest BCUT2D eigenvalue weighted by Crippen LogP contribution is -2.48. The van der Waals surface area contributed by atoms with Gasteiger partial charge in [0, 0.05) is 19.1 Å². The van der Waals surface area contributed by atoms with E-state index < -0.39 is 0 Å². The Labute approximate surface area is 112 Å². The number of piperidine rings is 1. The van der Waals surface area contributed by atoms with Crippen molar-refractivity contribution in [2.75, 3.05) is 20.2 Å². The molecule has 0 bridgehead atoms. The summed E-state index contributed by atoms with van der Waals surface area (Å²) in [6.07, 6.45) is 1.91. The van der Waals surface area contributed by atoms with Gasteiger partial charge in [-0.2, -0.15) is 0 Å². The Kier molecular flexibility index (Phi) is 4.24. The van der Waals surface area contributed by atoms with Crippen LogP contribution >= 0.6 is 11.3 Å². The average Bonchev–Trinajstić information content (AvgIpc) is 2.86. The number of carbonyl (C=O) groups excluding carboxylic acids is 1. The van der Waals surface area contributed by atoms with Gasteiger partial charge < -0.3 is 15.4 Å². The third-order valence-electron chi connectivity index (χ3n) is 3.65. The number of nitrogens with two attached hydrogens (primary N) is 1. The Bertz CT molecular complexity index is 419. The zero-order valence-electron chi connectivity index (χ0n) is 10.9. The molecule has 2 heterocycles. The van der Waals surface area contributed by atoms with Gasteiger partial charge in [-0.3, -0.25) is 4.79 Å². The molecular formula is C13H20N2O2S. The van der Waals surface area contributed by atoms with Gasteiger partial charge in [0.25, 0.3) is 5.91 Å². The molecule has 4 nitrogen and oxygen atoms in total. The predicted molar refractivity (Wildman–Crippen MR) is 73.1 cm³/mol. The van der Waals surface area contributed by atoms with Gasteiger partial charge in [0.15, 0.2) is 0 Å². The van der Waals surface area contributed by atoms with Crippen molar-refractivity contribution in [2.45, 2.75) is 25.8 Å². The summed E-state index contributed by atoms with van der Waals surface area (Å²) in [5.41, 5.74) is 6.07. The fraction of sp³-hybridized carbons (Fsp3) is 0.615. The van der Waals surface area contributed by atoms with E-state index in [9.17, 15) is 4.79 Å². The Hall–Kier alpha value is -1.07. The zero-order valence-corrected chi connectivity index (χ0v) is 11.7. The second kappa shape index (κ2) is 5.71. The molecule has 2 N–H and O–H groups in total. The van der Waals surface area contributed by atoms with Crippen LogP contribution < -0.4 is 10.5 Å². The molecule has 0 spiro atoms. The van der Waals surface area contributed by atoms with E-state index in [1.54, 1.807) is 7.11 Å². The van der Waals surface area contributed by atoms with Crippen LogP contribution in [0.25, 0.3) is 0 Å². The molecule has 1 aliphatic rings. The molecule has 2 atom stereocenters. The van der Waals surface area contributed by atoms with Crippen molar-refractivity contribution in [1.29, 1.82) is 0 Å². The van der Waals surface area contributed by atoms with Gasteiger partial charge in [0.05, 0.1) is 7.11 Å². The maximum Gasteiger partial charge on any atom is 0.267 e. The third kappa shape index (κ3) is 2.52. The molecule has 18 heavy (non-hydrogen) atoms. The van der Waals surface area contributed by atoms with Gasteiger partial charge in [-0.15, -0.1) is 11.3 Å². The van der Waals surface area contributed by atoms with Gasteiger partial charge in [0.2, 0.25) is 0 Å². The first-order valence-corrected chi connectivity index (χ1v) is 7.21. The van der Waals surface area contributed by atoms with Gasteiger partial charge in [-0.1, -0.05) is 13.3 Å². The molecule has 100 valence electrons. The summed E-state index contributed by atoms with van der Waals surface area (Å²) in [6.45, 7) is 3.64. The van der Waals surface area contributed by atoms with Crippen molar-refractivity contribution in [2.24, 2.45) is 11.7 Å². The number of likely N-dealkylation sites (tertiary alicyclic amines) is 1. The Morgan fingerprint density at radius 3 is 3.11 bits per heavy atom. The number of hydrogen-bond donors (Lipinski definition) is 1.